The molecule has 0 radical (unpaired) electrons. The van der Waals surface area contributed by atoms with Gasteiger partial charge in [-0.25, -0.2) is 19.9 Å². The van der Waals surface area contributed by atoms with Gasteiger partial charge in [0.05, 0.1) is 5.56 Å². The third kappa shape index (κ3) is 6.77. The van der Waals surface area contributed by atoms with Crippen molar-refractivity contribution in [3.63, 3.8) is 0 Å². The number of fused-ring (bicyclic) bond motifs is 2. The molecule has 0 fully saturated rings. The van der Waals surface area contributed by atoms with Gasteiger partial charge in [0.2, 0.25) is 0 Å². The quantitative estimate of drug-likeness (QED) is 0.147. The molecule has 6 aromatic rings. The molecule has 37 heavy (non-hydrogen) atoms. The largest absolute Gasteiger partial charge is 0.346 e. The van der Waals surface area contributed by atoms with Crippen molar-refractivity contribution >= 4 is 67.9 Å². The number of halogens is 3. The summed E-state index contributed by atoms with van der Waals surface area (Å²) in [6.45, 7) is 0. The molecule has 0 aliphatic rings. The number of hydrogen-bond donors (Lipinski definition) is 2. The molecule has 0 aliphatic heterocycles. The number of ketones is 1. The summed E-state index contributed by atoms with van der Waals surface area (Å²) in [4.78, 5) is 44.5. The van der Waals surface area contributed by atoms with Crippen molar-refractivity contribution in [2.75, 3.05) is 0 Å². The minimum Gasteiger partial charge on any atom is -0.346 e. The zero-order chi connectivity index (χ0) is 26.2. The second-order valence-electron chi connectivity index (χ2n) is 7.36. The Hall–Kier alpha value is -4.11. The highest BCUT2D eigenvalue weighted by Crippen LogP contribution is 2.19. The first kappa shape index (κ1) is 26.0. The fourth-order valence-corrected chi connectivity index (χ4v) is 3.52. The molecule has 6 aromatic heterocycles. The van der Waals surface area contributed by atoms with Gasteiger partial charge in [-0.2, -0.15) is 0 Å². The molecular formula is C26H17Cl3N6O2. The van der Waals surface area contributed by atoms with E-state index in [2.05, 4.69) is 29.9 Å². The summed E-state index contributed by atoms with van der Waals surface area (Å²) in [6.07, 6.45) is 9.81. The first-order valence-electron chi connectivity index (χ1n) is 10.7. The van der Waals surface area contributed by atoms with Crippen LogP contribution in [0.5, 0.6) is 0 Å². The highest BCUT2D eigenvalue weighted by molar-refractivity contribution is 6.67. The lowest BCUT2D eigenvalue weighted by molar-refractivity contribution is 0.103. The van der Waals surface area contributed by atoms with Crippen LogP contribution in [0.3, 0.4) is 0 Å². The normalized spacial score (nSPS) is 10.2. The van der Waals surface area contributed by atoms with E-state index in [0.29, 0.717) is 32.6 Å². The third-order valence-corrected chi connectivity index (χ3v) is 5.63. The number of nitrogens with one attached hydrogen (secondary N) is 2. The van der Waals surface area contributed by atoms with Crippen LogP contribution in [0, 0.1) is 0 Å². The van der Waals surface area contributed by atoms with Gasteiger partial charge in [0.15, 0.2) is 5.78 Å². The number of rotatable bonds is 3. The van der Waals surface area contributed by atoms with E-state index in [0.717, 1.165) is 16.4 Å². The molecule has 11 heteroatoms. The average molecular weight is 552 g/mol. The van der Waals surface area contributed by atoms with Crippen molar-refractivity contribution in [1.82, 2.24) is 29.9 Å². The molecule has 184 valence electrons. The lowest BCUT2D eigenvalue weighted by Crippen LogP contribution is -2.00. The van der Waals surface area contributed by atoms with E-state index in [1.54, 1.807) is 36.8 Å². The fraction of sp³-hybridized carbons (Fsp3) is 0. The minimum atomic E-state index is -0.524. The van der Waals surface area contributed by atoms with Crippen molar-refractivity contribution in [3.05, 3.63) is 119 Å². The SMILES string of the molecule is O=C(Cl)c1ccc(Cl)nc1.O=C(c1ccc(Cl)nc1)c1c[nH]c2ncccc12.c1cnc2[nH]ccc2c1. The molecule has 6 heterocycles. The van der Waals surface area contributed by atoms with Crippen LogP contribution in [0.1, 0.15) is 26.3 Å². The van der Waals surface area contributed by atoms with Gasteiger partial charge in [-0.1, -0.05) is 23.2 Å². The zero-order valence-corrected chi connectivity index (χ0v) is 21.2. The lowest BCUT2D eigenvalue weighted by atomic mass is 10.1. The molecule has 8 nitrogen and oxygen atoms in total. The van der Waals surface area contributed by atoms with Crippen molar-refractivity contribution in [2.24, 2.45) is 0 Å². The number of aromatic amines is 2. The van der Waals surface area contributed by atoms with Gasteiger partial charge < -0.3 is 9.97 Å². The second kappa shape index (κ2) is 12.2. The summed E-state index contributed by atoms with van der Waals surface area (Å²) in [5.74, 6) is -0.0987. The van der Waals surface area contributed by atoms with Crippen molar-refractivity contribution in [2.45, 2.75) is 0 Å². The monoisotopic (exact) mass is 550 g/mol. The zero-order valence-electron chi connectivity index (χ0n) is 18.9. The van der Waals surface area contributed by atoms with E-state index in [4.69, 9.17) is 34.8 Å². The van der Waals surface area contributed by atoms with Gasteiger partial charge in [-0.05, 0) is 66.2 Å². The van der Waals surface area contributed by atoms with E-state index in [1.165, 1.54) is 24.5 Å². The van der Waals surface area contributed by atoms with Crippen LogP contribution in [0.2, 0.25) is 10.3 Å². The van der Waals surface area contributed by atoms with Gasteiger partial charge in [0, 0.05) is 59.1 Å². The number of H-pyrrole nitrogens is 2. The Morgan fingerprint density at radius 2 is 1.35 bits per heavy atom. The molecule has 0 unspecified atom stereocenters. The van der Waals surface area contributed by atoms with Crippen LogP contribution in [0.25, 0.3) is 22.1 Å². The Kier molecular flexibility index (Phi) is 8.58. The van der Waals surface area contributed by atoms with Crippen LogP contribution in [0.4, 0.5) is 0 Å². The molecule has 0 saturated carbocycles. The molecule has 0 saturated heterocycles. The Bertz CT molecular complexity index is 1620. The maximum atomic E-state index is 12.3. The molecule has 2 N–H and O–H groups in total. The van der Waals surface area contributed by atoms with E-state index >= 15 is 0 Å². The van der Waals surface area contributed by atoms with Crippen LogP contribution >= 0.6 is 34.8 Å². The number of carbonyl (C=O) groups is 2. The average Bonchev–Trinajstić information content (AvgIpc) is 3.57. The van der Waals surface area contributed by atoms with Gasteiger partial charge in [0.25, 0.3) is 5.24 Å². The molecule has 0 spiro atoms. The van der Waals surface area contributed by atoms with Crippen molar-refractivity contribution in [1.29, 1.82) is 0 Å². The Morgan fingerprint density at radius 1 is 0.703 bits per heavy atom. The smallest absolute Gasteiger partial charge is 0.253 e. The summed E-state index contributed by atoms with van der Waals surface area (Å²) in [6, 6.07) is 15.9. The molecule has 0 atom stereocenters. The van der Waals surface area contributed by atoms with Gasteiger partial charge in [0.1, 0.15) is 21.6 Å². The van der Waals surface area contributed by atoms with E-state index in [1.807, 2.05) is 30.5 Å². The van der Waals surface area contributed by atoms with Crippen LogP contribution in [-0.2, 0) is 0 Å². The molecular weight excluding hydrogens is 535 g/mol. The van der Waals surface area contributed by atoms with E-state index in [-0.39, 0.29) is 5.78 Å². The first-order chi connectivity index (χ1) is 17.9. The van der Waals surface area contributed by atoms with E-state index in [9.17, 15) is 9.59 Å². The Labute approximate surface area is 225 Å². The third-order valence-electron chi connectivity index (χ3n) is 4.96. The number of nitrogens with zero attached hydrogens (tertiary/aromatic N) is 4. The Morgan fingerprint density at radius 3 is 1.97 bits per heavy atom. The van der Waals surface area contributed by atoms with Gasteiger partial charge in [-0.15, -0.1) is 0 Å². The number of pyridine rings is 4. The summed E-state index contributed by atoms with van der Waals surface area (Å²) < 4.78 is 0. The first-order valence-corrected chi connectivity index (χ1v) is 11.8. The predicted octanol–water partition coefficient (Wildman–Crippen LogP) is 6.52. The molecule has 0 bridgehead atoms. The summed E-state index contributed by atoms with van der Waals surface area (Å²) in [5.41, 5.74) is 3.10. The van der Waals surface area contributed by atoms with Crippen LogP contribution in [-0.4, -0.2) is 40.9 Å². The summed E-state index contributed by atoms with van der Waals surface area (Å²) >= 11 is 16.3. The lowest BCUT2D eigenvalue weighted by Gasteiger charge is -1.99. The minimum absolute atomic E-state index is 0.0987. The fourth-order valence-electron chi connectivity index (χ4n) is 3.18. The molecule has 6 rings (SSSR count). The van der Waals surface area contributed by atoms with Crippen LogP contribution < -0.4 is 0 Å². The molecule has 0 amide bonds. The highest BCUT2D eigenvalue weighted by Gasteiger charge is 2.14. The number of aromatic nitrogens is 6. The predicted molar refractivity (Wildman–Crippen MR) is 144 cm³/mol. The maximum absolute atomic E-state index is 12.3. The number of hydrogen-bond acceptors (Lipinski definition) is 6. The van der Waals surface area contributed by atoms with Crippen molar-refractivity contribution in [3.8, 4) is 0 Å². The van der Waals surface area contributed by atoms with Gasteiger partial charge >= 0.3 is 0 Å². The standard InChI is InChI=1S/C13H8ClN3O.C7H6N2.C6H3Cl2NO/c14-11-4-3-8(6-16-11)12(18)10-7-17-13-9(10)2-1-5-15-13;1-2-6-3-5-9-7(6)8-4-1;7-5-2-1-4(3-9-5)6(8)10/h1-7H,(H,15,17);1-5H,(H,8,9);1-3H. The summed E-state index contributed by atoms with van der Waals surface area (Å²) in [7, 11) is 0. The summed E-state index contributed by atoms with van der Waals surface area (Å²) in [5, 5.41) is 2.16. The maximum Gasteiger partial charge on any atom is 0.253 e. The topological polar surface area (TPSA) is 117 Å². The second-order valence-corrected chi connectivity index (χ2v) is 8.48. The molecule has 0 aromatic carbocycles. The van der Waals surface area contributed by atoms with Crippen LogP contribution in [0.15, 0.2) is 91.8 Å². The highest BCUT2D eigenvalue weighted by atomic mass is 35.5. The van der Waals surface area contributed by atoms with Gasteiger partial charge in [-0.3, -0.25) is 9.59 Å². The number of carbonyl (C=O) groups excluding carboxylic acids is 2. The Balaban J connectivity index is 0.000000142. The van der Waals surface area contributed by atoms with E-state index < -0.39 is 5.24 Å². The van der Waals surface area contributed by atoms with Crippen molar-refractivity contribution < 1.29 is 9.59 Å². The molecule has 0 aliphatic carbocycles.